The van der Waals surface area contributed by atoms with Gasteiger partial charge in [-0.15, -0.1) is 0 Å². The van der Waals surface area contributed by atoms with Crippen LogP contribution in [0, 0.1) is 5.92 Å². The first-order valence-electron chi connectivity index (χ1n) is 6.63. The second-order valence-electron chi connectivity index (χ2n) is 4.93. The molecule has 114 valence electrons. The summed E-state index contributed by atoms with van der Waals surface area (Å²) in [5.41, 5.74) is 0.385. The third kappa shape index (κ3) is 3.43. The van der Waals surface area contributed by atoms with E-state index in [1.54, 1.807) is 4.90 Å². The Morgan fingerprint density at radius 3 is 2.81 bits per heavy atom. The van der Waals surface area contributed by atoms with Gasteiger partial charge < -0.3 is 25.2 Å². The van der Waals surface area contributed by atoms with Crippen LogP contribution in [0.4, 0.5) is 10.5 Å². The van der Waals surface area contributed by atoms with Crippen LogP contribution >= 0.6 is 0 Å². The van der Waals surface area contributed by atoms with E-state index in [2.05, 4.69) is 5.32 Å². The molecule has 0 spiro atoms. The molecule has 2 amide bonds. The fourth-order valence-electron chi connectivity index (χ4n) is 2.30. The van der Waals surface area contributed by atoms with E-state index in [4.69, 9.17) is 14.9 Å². The van der Waals surface area contributed by atoms with Gasteiger partial charge in [-0.1, -0.05) is 0 Å². The Hall–Kier alpha value is -2.28. The Balaban J connectivity index is 2.12. The molecule has 1 aromatic rings. The van der Waals surface area contributed by atoms with Gasteiger partial charge in [0.05, 0.1) is 18.4 Å². The fraction of sp³-hybridized carbons (Fsp3) is 0.429. The summed E-state index contributed by atoms with van der Waals surface area (Å²) < 4.78 is 5.12. The molecule has 1 aromatic carbocycles. The molecule has 21 heavy (non-hydrogen) atoms. The van der Waals surface area contributed by atoms with E-state index < -0.39 is 5.97 Å². The van der Waals surface area contributed by atoms with E-state index in [0.717, 1.165) is 6.42 Å². The Labute approximate surface area is 122 Å². The lowest BCUT2D eigenvalue weighted by molar-refractivity contribution is 0.0697. The highest BCUT2D eigenvalue weighted by Gasteiger charge is 2.26. The second kappa shape index (κ2) is 6.45. The third-order valence-electron chi connectivity index (χ3n) is 3.52. The molecule has 7 heteroatoms. The smallest absolute Gasteiger partial charge is 0.335 e. The van der Waals surface area contributed by atoms with Gasteiger partial charge in [0, 0.05) is 25.6 Å². The molecule has 3 N–H and O–H groups in total. The first-order valence-corrected chi connectivity index (χ1v) is 6.63. The summed E-state index contributed by atoms with van der Waals surface area (Å²) in [6.45, 7) is 1.11. The number of amides is 2. The number of urea groups is 1. The van der Waals surface area contributed by atoms with Gasteiger partial charge in [0.15, 0.2) is 0 Å². The molecule has 7 nitrogen and oxygen atoms in total. The zero-order chi connectivity index (χ0) is 15.4. The summed E-state index contributed by atoms with van der Waals surface area (Å²) in [6.07, 6.45) is 0.760. The van der Waals surface area contributed by atoms with Crippen LogP contribution in [-0.2, 0) is 0 Å². The van der Waals surface area contributed by atoms with E-state index in [-0.39, 0.29) is 24.1 Å². The standard InChI is InChI=1S/C14H18N2O5/c1-21-12-3-2-10(13(18)19)6-11(12)15-14(20)16-5-4-9(7-16)8-17/h2-3,6,9,17H,4-5,7-8H2,1H3,(H,15,20)(H,18,19). The third-order valence-corrected chi connectivity index (χ3v) is 3.52. The largest absolute Gasteiger partial charge is 0.495 e. The number of aromatic carboxylic acids is 1. The van der Waals surface area contributed by atoms with Crippen molar-refractivity contribution in [2.45, 2.75) is 6.42 Å². The van der Waals surface area contributed by atoms with Crippen molar-refractivity contribution in [2.75, 3.05) is 32.1 Å². The number of methoxy groups -OCH3 is 1. The number of aliphatic hydroxyl groups excluding tert-OH is 1. The quantitative estimate of drug-likeness (QED) is 0.776. The van der Waals surface area contributed by atoms with Crippen molar-refractivity contribution in [1.29, 1.82) is 0 Å². The van der Waals surface area contributed by atoms with Crippen molar-refractivity contribution < 1.29 is 24.5 Å². The second-order valence-corrected chi connectivity index (χ2v) is 4.93. The van der Waals surface area contributed by atoms with Crippen molar-refractivity contribution in [3.05, 3.63) is 23.8 Å². The van der Waals surface area contributed by atoms with Crippen molar-refractivity contribution >= 4 is 17.7 Å². The Morgan fingerprint density at radius 2 is 2.24 bits per heavy atom. The van der Waals surface area contributed by atoms with Gasteiger partial charge in [0.25, 0.3) is 0 Å². The Bertz CT molecular complexity index is 546. The van der Waals surface area contributed by atoms with Gasteiger partial charge in [-0.05, 0) is 24.6 Å². The van der Waals surface area contributed by atoms with Crippen LogP contribution in [0.2, 0.25) is 0 Å². The molecule has 0 saturated carbocycles. The van der Waals surface area contributed by atoms with Gasteiger partial charge in [-0.25, -0.2) is 9.59 Å². The number of nitrogens with zero attached hydrogens (tertiary/aromatic N) is 1. The molecule has 0 radical (unpaired) electrons. The number of nitrogens with one attached hydrogen (secondary N) is 1. The minimum absolute atomic E-state index is 0.0571. The molecule has 1 heterocycles. The number of anilines is 1. The zero-order valence-electron chi connectivity index (χ0n) is 11.7. The number of carboxylic acids is 1. The number of likely N-dealkylation sites (tertiary alicyclic amines) is 1. The highest BCUT2D eigenvalue weighted by Crippen LogP contribution is 2.26. The monoisotopic (exact) mass is 294 g/mol. The van der Waals surface area contributed by atoms with E-state index in [1.807, 2.05) is 0 Å². The minimum Gasteiger partial charge on any atom is -0.495 e. The molecule has 0 aliphatic carbocycles. The number of carbonyl (C=O) groups excluding carboxylic acids is 1. The van der Waals surface area contributed by atoms with Crippen LogP contribution in [-0.4, -0.2) is 53.9 Å². The average molecular weight is 294 g/mol. The van der Waals surface area contributed by atoms with Crippen LogP contribution in [0.5, 0.6) is 5.75 Å². The Kier molecular flexibility index (Phi) is 4.64. The first kappa shape index (κ1) is 15.1. The number of benzene rings is 1. The summed E-state index contributed by atoms with van der Waals surface area (Å²) in [6, 6.07) is 3.94. The highest BCUT2D eigenvalue weighted by atomic mass is 16.5. The van der Waals surface area contributed by atoms with Crippen molar-refractivity contribution in [3.8, 4) is 5.75 Å². The van der Waals surface area contributed by atoms with E-state index >= 15 is 0 Å². The lowest BCUT2D eigenvalue weighted by Gasteiger charge is -2.18. The number of hydrogen-bond acceptors (Lipinski definition) is 4. The molecule has 0 bridgehead atoms. The summed E-state index contributed by atoms with van der Waals surface area (Å²) in [5, 5.41) is 20.7. The molecule has 1 aliphatic heterocycles. The van der Waals surface area contributed by atoms with Crippen LogP contribution in [0.1, 0.15) is 16.8 Å². The van der Waals surface area contributed by atoms with Crippen molar-refractivity contribution in [3.63, 3.8) is 0 Å². The summed E-state index contributed by atoms with van der Waals surface area (Å²) >= 11 is 0. The SMILES string of the molecule is COc1ccc(C(=O)O)cc1NC(=O)N1CCC(CO)C1. The highest BCUT2D eigenvalue weighted by molar-refractivity contribution is 5.94. The van der Waals surface area contributed by atoms with Crippen molar-refractivity contribution in [1.82, 2.24) is 4.90 Å². The maximum absolute atomic E-state index is 12.2. The molecule has 1 atom stereocenters. The minimum atomic E-state index is -1.07. The number of hydrogen-bond donors (Lipinski definition) is 3. The molecule has 1 saturated heterocycles. The summed E-state index contributed by atoms with van der Waals surface area (Å²) in [5.74, 6) is -0.580. The maximum atomic E-state index is 12.2. The zero-order valence-corrected chi connectivity index (χ0v) is 11.7. The summed E-state index contributed by atoms with van der Waals surface area (Å²) in [4.78, 5) is 24.7. The molecule has 1 aliphatic rings. The average Bonchev–Trinajstić information content (AvgIpc) is 2.96. The molecule has 0 aromatic heterocycles. The van der Waals surface area contributed by atoms with E-state index in [1.165, 1.54) is 25.3 Å². The van der Waals surface area contributed by atoms with Gasteiger partial charge in [0.1, 0.15) is 5.75 Å². The van der Waals surface area contributed by atoms with Crippen LogP contribution in [0.3, 0.4) is 0 Å². The molecular formula is C14H18N2O5. The first-order chi connectivity index (χ1) is 10.0. The number of rotatable bonds is 4. The molecular weight excluding hydrogens is 276 g/mol. The normalized spacial score (nSPS) is 17.6. The van der Waals surface area contributed by atoms with E-state index in [9.17, 15) is 9.59 Å². The van der Waals surface area contributed by atoms with Crippen LogP contribution < -0.4 is 10.1 Å². The number of ether oxygens (including phenoxy) is 1. The lowest BCUT2D eigenvalue weighted by Crippen LogP contribution is -2.33. The van der Waals surface area contributed by atoms with Crippen LogP contribution in [0.25, 0.3) is 0 Å². The molecule has 2 rings (SSSR count). The topological polar surface area (TPSA) is 99.1 Å². The van der Waals surface area contributed by atoms with Crippen LogP contribution in [0.15, 0.2) is 18.2 Å². The summed E-state index contributed by atoms with van der Waals surface area (Å²) in [7, 11) is 1.45. The fourth-order valence-corrected chi connectivity index (χ4v) is 2.30. The predicted octanol–water partition coefficient (Wildman–Crippen LogP) is 1.24. The lowest BCUT2D eigenvalue weighted by atomic mass is 10.1. The van der Waals surface area contributed by atoms with Gasteiger partial charge in [-0.2, -0.15) is 0 Å². The van der Waals surface area contributed by atoms with E-state index in [0.29, 0.717) is 24.5 Å². The number of carbonyl (C=O) groups is 2. The molecule has 1 fully saturated rings. The van der Waals surface area contributed by atoms with Crippen molar-refractivity contribution in [2.24, 2.45) is 5.92 Å². The Morgan fingerprint density at radius 1 is 1.48 bits per heavy atom. The van der Waals surface area contributed by atoms with Gasteiger partial charge in [0.2, 0.25) is 0 Å². The maximum Gasteiger partial charge on any atom is 0.335 e. The van der Waals surface area contributed by atoms with Gasteiger partial charge >= 0.3 is 12.0 Å². The number of aliphatic hydroxyl groups is 1. The predicted molar refractivity (Wildman–Crippen MR) is 75.7 cm³/mol. The van der Waals surface area contributed by atoms with Gasteiger partial charge in [-0.3, -0.25) is 0 Å². The molecule has 1 unspecified atom stereocenters. The number of carboxylic acid groups (broad SMARTS) is 1.